The van der Waals surface area contributed by atoms with Gasteiger partial charge in [0.15, 0.2) is 0 Å². The Kier molecular flexibility index (Phi) is 4.72. The summed E-state index contributed by atoms with van der Waals surface area (Å²) in [5.41, 5.74) is 14.0. The van der Waals surface area contributed by atoms with Gasteiger partial charge in [0.05, 0.1) is 27.5 Å². The molecule has 3 heterocycles. The van der Waals surface area contributed by atoms with Crippen LogP contribution in [-0.2, 0) is 0 Å². The molecule has 0 spiro atoms. The molecule has 1 aliphatic carbocycles. The fourth-order valence-corrected chi connectivity index (χ4v) is 8.89. The van der Waals surface area contributed by atoms with E-state index in [2.05, 4.69) is 167 Å². The first-order valence-electron chi connectivity index (χ1n) is 16.9. The standard InChI is InChI=1S/C46H26N2O/c1-2-12-28(13-3-1)47-37-19-8-6-17-35(37)43-38(47)23-24-39-44(43)45-40(22-21-34-32-16-7-9-20-41(32)49-46(34)45)48(39)29-25-27-11-10-18-33-30-14-4-5-15-31(30)36(26-29)42(27)33/h1-26H. The van der Waals surface area contributed by atoms with E-state index in [1.165, 1.54) is 65.7 Å². The van der Waals surface area contributed by atoms with Crippen LogP contribution in [-0.4, -0.2) is 9.13 Å². The number of fused-ring (bicyclic) bond motifs is 14. The zero-order valence-electron chi connectivity index (χ0n) is 26.3. The van der Waals surface area contributed by atoms with Crippen molar-refractivity contribution in [1.29, 1.82) is 0 Å². The van der Waals surface area contributed by atoms with Gasteiger partial charge in [-0.1, -0.05) is 97.1 Å². The lowest BCUT2D eigenvalue weighted by Crippen LogP contribution is -1.95. The Bertz CT molecular complexity index is 3210. The Morgan fingerprint density at radius 1 is 0.347 bits per heavy atom. The van der Waals surface area contributed by atoms with Crippen LogP contribution in [0.5, 0.6) is 0 Å². The first-order chi connectivity index (χ1) is 24.3. The number of furan rings is 1. The molecule has 49 heavy (non-hydrogen) atoms. The quantitative estimate of drug-likeness (QED) is 0.188. The van der Waals surface area contributed by atoms with Gasteiger partial charge in [0.25, 0.3) is 0 Å². The van der Waals surface area contributed by atoms with Crippen LogP contribution in [0.3, 0.4) is 0 Å². The predicted molar refractivity (Wildman–Crippen MR) is 204 cm³/mol. The zero-order valence-corrected chi connectivity index (χ0v) is 26.3. The van der Waals surface area contributed by atoms with Crippen LogP contribution >= 0.6 is 0 Å². The second-order valence-corrected chi connectivity index (χ2v) is 13.3. The molecule has 0 aliphatic heterocycles. The fraction of sp³-hybridized carbons (Fsp3) is 0. The van der Waals surface area contributed by atoms with Crippen molar-refractivity contribution in [3.63, 3.8) is 0 Å². The van der Waals surface area contributed by atoms with Gasteiger partial charge >= 0.3 is 0 Å². The lowest BCUT2D eigenvalue weighted by atomic mass is 10.0. The van der Waals surface area contributed by atoms with Crippen molar-refractivity contribution in [3.8, 4) is 33.6 Å². The van der Waals surface area contributed by atoms with Crippen molar-refractivity contribution < 1.29 is 4.42 Å². The number of benzene rings is 8. The van der Waals surface area contributed by atoms with Crippen LogP contribution in [0.25, 0.3) is 110 Å². The summed E-state index contributed by atoms with van der Waals surface area (Å²) in [5, 5.41) is 9.71. The van der Waals surface area contributed by atoms with Gasteiger partial charge in [-0.2, -0.15) is 0 Å². The molecule has 0 unspecified atom stereocenters. The third-order valence-electron chi connectivity index (χ3n) is 10.8. The molecule has 0 fully saturated rings. The Hall–Kier alpha value is -6.58. The van der Waals surface area contributed by atoms with E-state index in [1.807, 2.05) is 0 Å². The SMILES string of the molecule is c1ccc(-n2c3ccccc3c3c4c5c6oc7ccccc7c6ccc5n(-c5cc6c7c(cccc7c5)-c5ccccc5-6)c4ccc32)cc1. The van der Waals surface area contributed by atoms with Gasteiger partial charge in [0.1, 0.15) is 11.2 Å². The molecule has 3 nitrogen and oxygen atoms in total. The second kappa shape index (κ2) is 9.06. The molecule has 8 aromatic carbocycles. The second-order valence-electron chi connectivity index (χ2n) is 13.3. The number of hydrogen-bond acceptors (Lipinski definition) is 1. The lowest BCUT2D eigenvalue weighted by molar-refractivity contribution is 0.673. The van der Waals surface area contributed by atoms with E-state index in [4.69, 9.17) is 4.42 Å². The Balaban J connectivity index is 1.30. The summed E-state index contributed by atoms with van der Waals surface area (Å²) in [6.07, 6.45) is 0. The van der Waals surface area contributed by atoms with E-state index in [9.17, 15) is 0 Å². The van der Waals surface area contributed by atoms with Gasteiger partial charge in [-0.25, -0.2) is 0 Å². The molecule has 12 rings (SSSR count). The van der Waals surface area contributed by atoms with Gasteiger partial charge in [-0.15, -0.1) is 0 Å². The van der Waals surface area contributed by atoms with Crippen LogP contribution in [0, 0.1) is 0 Å². The Morgan fingerprint density at radius 3 is 1.88 bits per heavy atom. The Labute approximate surface area is 280 Å². The summed E-state index contributed by atoms with van der Waals surface area (Å²) in [4.78, 5) is 0. The lowest BCUT2D eigenvalue weighted by Gasteiger charge is -2.12. The van der Waals surface area contributed by atoms with Crippen LogP contribution in [0.4, 0.5) is 0 Å². The summed E-state index contributed by atoms with van der Waals surface area (Å²) < 4.78 is 11.7. The monoisotopic (exact) mass is 622 g/mol. The number of aromatic nitrogens is 2. The van der Waals surface area contributed by atoms with E-state index in [-0.39, 0.29) is 0 Å². The molecule has 0 saturated heterocycles. The van der Waals surface area contributed by atoms with Crippen molar-refractivity contribution in [2.45, 2.75) is 0 Å². The Morgan fingerprint density at radius 2 is 1.00 bits per heavy atom. The van der Waals surface area contributed by atoms with Crippen LogP contribution in [0.15, 0.2) is 162 Å². The average molecular weight is 623 g/mol. The van der Waals surface area contributed by atoms with E-state index in [0.717, 1.165) is 44.2 Å². The molecule has 3 heteroatoms. The normalized spacial score (nSPS) is 12.5. The molecule has 0 atom stereocenters. The molecule has 0 N–H and O–H groups in total. The molecular formula is C46H26N2O. The molecule has 0 saturated carbocycles. The van der Waals surface area contributed by atoms with Crippen LogP contribution in [0.2, 0.25) is 0 Å². The largest absolute Gasteiger partial charge is 0.455 e. The molecule has 226 valence electrons. The van der Waals surface area contributed by atoms with Crippen LogP contribution in [0.1, 0.15) is 0 Å². The third-order valence-corrected chi connectivity index (χ3v) is 10.8. The molecule has 0 bridgehead atoms. The van der Waals surface area contributed by atoms with Crippen molar-refractivity contribution in [1.82, 2.24) is 9.13 Å². The highest BCUT2D eigenvalue weighted by Gasteiger charge is 2.26. The highest BCUT2D eigenvalue weighted by molar-refractivity contribution is 6.34. The van der Waals surface area contributed by atoms with Gasteiger partial charge in [-0.3, -0.25) is 0 Å². The van der Waals surface area contributed by atoms with Gasteiger partial charge in [0.2, 0.25) is 0 Å². The predicted octanol–water partition coefficient (Wildman–Crippen LogP) is 12.6. The summed E-state index contributed by atoms with van der Waals surface area (Å²) >= 11 is 0. The minimum atomic E-state index is 0.910. The minimum absolute atomic E-state index is 0.910. The smallest absolute Gasteiger partial charge is 0.145 e. The maximum absolute atomic E-state index is 6.83. The molecule has 0 amide bonds. The maximum Gasteiger partial charge on any atom is 0.145 e. The zero-order chi connectivity index (χ0) is 31.8. The van der Waals surface area contributed by atoms with Crippen molar-refractivity contribution >= 4 is 76.3 Å². The van der Waals surface area contributed by atoms with Crippen molar-refractivity contribution in [2.24, 2.45) is 0 Å². The highest BCUT2D eigenvalue weighted by atomic mass is 16.3. The van der Waals surface area contributed by atoms with E-state index in [1.54, 1.807) is 0 Å². The fourth-order valence-electron chi connectivity index (χ4n) is 8.89. The van der Waals surface area contributed by atoms with Gasteiger partial charge in [-0.05, 0) is 93.7 Å². The molecule has 1 aliphatic rings. The number of nitrogens with zero attached hydrogens (tertiary/aromatic N) is 2. The summed E-state index contributed by atoms with van der Waals surface area (Å²) in [6, 6.07) is 57.4. The van der Waals surface area contributed by atoms with Crippen LogP contribution < -0.4 is 0 Å². The average Bonchev–Trinajstić information content (AvgIpc) is 3.89. The van der Waals surface area contributed by atoms with Gasteiger partial charge in [0, 0.05) is 38.3 Å². The van der Waals surface area contributed by atoms with Crippen molar-refractivity contribution in [2.75, 3.05) is 0 Å². The summed E-state index contributed by atoms with van der Waals surface area (Å²) in [6.45, 7) is 0. The maximum atomic E-state index is 6.83. The third kappa shape index (κ3) is 3.17. The summed E-state index contributed by atoms with van der Waals surface area (Å²) in [5.74, 6) is 0. The number of para-hydroxylation sites is 3. The molecule has 0 radical (unpaired) electrons. The van der Waals surface area contributed by atoms with E-state index < -0.39 is 0 Å². The number of rotatable bonds is 2. The minimum Gasteiger partial charge on any atom is -0.455 e. The first-order valence-corrected chi connectivity index (χ1v) is 16.9. The number of hydrogen-bond donors (Lipinski definition) is 0. The highest BCUT2D eigenvalue weighted by Crippen LogP contribution is 2.50. The molecule has 3 aromatic heterocycles. The van der Waals surface area contributed by atoms with Gasteiger partial charge < -0.3 is 13.6 Å². The topological polar surface area (TPSA) is 23.0 Å². The molecule has 11 aromatic rings. The van der Waals surface area contributed by atoms with E-state index >= 15 is 0 Å². The van der Waals surface area contributed by atoms with E-state index in [0.29, 0.717) is 0 Å². The first kappa shape index (κ1) is 25.5. The van der Waals surface area contributed by atoms with Crippen molar-refractivity contribution in [3.05, 3.63) is 158 Å². The summed E-state index contributed by atoms with van der Waals surface area (Å²) in [7, 11) is 0. The molecular weight excluding hydrogens is 597 g/mol.